The van der Waals surface area contributed by atoms with E-state index in [2.05, 4.69) is 5.32 Å². The minimum absolute atomic E-state index is 0.142. The molecule has 1 aromatic heterocycles. The molecular weight excluding hydrogens is 385 g/mol. The number of allylic oxidation sites excluding steroid dienone is 2. The van der Waals surface area contributed by atoms with Crippen LogP contribution in [0.4, 0.5) is 9.39 Å². The van der Waals surface area contributed by atoms with E-state index >= 15 is 0 Å². The molecule has 0 saturated heterocycles. The topological polar surface area (TPSA) is 95.5 Å². The summed E-state index contributed by atoms with van der Waals surface area (Å²) in [7, 11) is 1.22. The molecule has 0 unspecified atom stereocenters. The quantitative estimate of drug-likeness (QED) is 0.613. The Morgan fingerprint density at radius 3 is 2.39 bits per heavy atom. The van der Waals surface area contributed by atoms with E-state index in [1.807, 2.05) is 0 Å². The van der Waals surface area contributed by atoms with Gasteiger partial charge in [0.25, 0.3) is 0 Å². The number of aliphatic carboxylic acids is 1. The van der Waals surface area contributed by atoms with Gasteiger partial charge in [0, 0.05) is 22.8 Å². The Kier molecular flexibility index (Phi) is 5.89. The van der Waals surface area contributed by atoms with E-state index in [0.29, 0.717) is 11.1 Å². The lowest BCUT2D eigenvalue weighted by atomic mass is 9.82. The van der Waals surface area contributed by atoms with Crippen molar-refractivity contribution in [3.8, 4) is 11.1 Å². The van der Waals surface area contributed by atoms with E-state index in [9.17, 15) is 23.9 Å². The number of carboxylic acids is 1. The van der Waals surface area contributed by atoms with Crippen molar-refractivity contribution in [3.05, 3.63) is 53.2 Å². The number of carboxylic acid groups (broad SMARTS) is 1. The van der Waals surface area contributed by atoms with E-state index in [-0.39, 0.29) is 23.4 Å². The van der Waals surface area contributed by atoms with Crippen LogP contribution in [-0.4, -0.2) is 25.0 Å². The molecule has 0 fully saturated rings. The first-order chi connectivity index (χ1) is 13.4. The van der Waals surface area contributed by atoms with Crippen molar-refractivity contribution >= 4 is 34.2 Å². The number of nitrogens with one attached hydrogen (secondary N) is 1. The largest absolute Gasteiger partial charge is 0.550 e. The molecule has 1 heterocycles. The van der Waals surface area contributed by atoms with Crippen LogP contribution in [0.3, 0.4) is 0 Å². The van der Waals surface area contributed by atoms with Gasteiger partial charge >= 0.3 is 5.97 Å². The number of amides is 1. The van der Waals surface area contributed by atoms with E-state index in [1.165, 1.54) is 31.4 Å². The van der Waals surface area contributed by atoms with Gasteiger partial charge in [-0.3, -0.25) is 4.79 Å². The summed E-state index contributed by atoms with van der Waals surface area (Å²) in [6, 6.07) is 5.58. The number of carbonyl (C=O) groups excluding carboxylic acids is 3. The van der Waals surface area contributed by atoms with Crippen molar-refractivity contribution in [3.63, 3.8) is 0 Å². The summed E-state index contributed by atoms with van der Waals surface area (Å²) in [6.45, 7) is 0. The first-order valence-electron chi connectivity index (χ1n) is 8.54. The van der Waals surface area contributed by atoms with Crippen LogP contribution in [0, 0.1) is 17.7 Å². The van der Waals surface area contributed by atoms with Crippen molar-refractivity contribution in [2.45, 2.75) is 12.8 Å². The molecule has 2 aromatic rings. The predicted molar refractivity (Wildman–Crippen MR) is 100 cm³/mol. The van der Waals surface area contributed by atoms with Gasteiger partial charge in [-0.15, -0.1) is 11.3 Å². The summed E-state index contributed by atoms with van der Waals surface area (Å²) in [5.74, 6) is -4.58. The van der Waals surface area contributed by atoms with Crippen molar-refractivity contribution in [2.24, 2.45) is 11.8 Å². The fourth-order valence-corrected chi connectivity index (χ4v) is 4.13. The third kappa shape index (κ3) is 3.96. The number of rotatable bonds is 5. The second-order valence-electron chi connectivity index (χ2n) is 6.32. The highest BCUT2D eigenvalue weighted by Gasteiger charge is 2.31. The second kappa shape index (κ2) is 8.35. The van der Waals surface area contributed by atoms with Crippen molar-refractivity contribution in [1.82, 2.24) is 0 Å². The second-order valence-corrected chi connectivity index (χ2v) is 7.20. The molecule has 1 amide bonds. The molecule has 1 N–H and O–H groups in total. The average molecular weight is 402 g/mol. The van der Waals surface area contributed by atoms with Crippen molar-refractivity contribution < 1.29 is 28.6 Å². The average Bonchev–Trinajstić information content (AvgIpc) is 3.11. The van der Waals surface area contributed by atoms with Crippen molar-refractivity contribution in [1.29, 1.82) is 0 Å². The fraction of sp³-hybridized carbons (Fsp3) is 0.250. The molecule has 0 saturated carbocycles. The van der Waals surface area contributed by atoms with Crippen LogP contribution in [0.15, 0.2) is 41.8 Å². The molecule has 1 aliphatic carbocycles. The highest BCUT2D eigenvalue weighted by molar-refractivity contribution is 7.15. The van der Waals surface area contributed by atoms with E-state index in [4.69, 9.17) is 4.74 Å². The lowest BCUT2D eigenvalue weighted by Crippen LogP contribution is -2.41. The molecule has 3 rings (SSSR count). The van der Waals surface area contributed by atoms with Gasteiger partial charge in [-0.05, 0) is 30.5 Å². The van der Waals surface area contributed by atoms with E-state index in [1.54, 1.807) is 17.5 Å². The molecule has 0 aliphatic heterocycles. The zero-order valence-electron chi connectivity index (χ0n) is 14.9. The Hall–Kier alpha value is -3.00. The molecule has 0 bridgehead atoms. The van der Waals surface area contributed by atoms with Crippen LogP contribution in [0.2, 0.25) is 0 Å². The minimum Gasteiger partial charge on any atom is -0.550 e. The number of esters is 1. The maximum absolute atomic E-state index is 13.2. The third-order valence-corrected chi connectivity index (χ3v) is 5.54. The van der Waals surface area contributed by atoms with Crippen LogP contribution in [0.5, 0.6) is 0 Å². The first-order valence-corrected chi connectivity index (χ1v) is 9.42. The number of carbonyl (C=O) groups is 3. The molecule has 28 heavy (non-hydrogen) atoms. The number of hydrogen-bond donors (Lipinski definition) is 1. The number of ether oxygens (including phenoxy) is 1. The predicted octanol–water partition coefficient (Wildman–Crippen LogP) is 2.61. The molecule has 0 radical (unpaired) electrons. The fourth-order valence-electron chi connectivity index (χ4n) is 3.17. The van der Waals surface area contributed by atoms with Gasteiger partial charge in [0.05, 0.1) is 13.0 Å². The van der Waals surface area contributed by atoms with Gasteiger partial charge < -0.3 is 20.0 Å². The number of benzene rings is 1. The van der Waals surface area contributed by atoms with Crippen LogP contribution in [-0.2, 0) is 14.3 Å². The SMILES string of the molecule is COC(=O)c1c(-c2ccc(F)cc2)csc1NC(=O)[C@@H]1CC=CC[C@@H]1C(=O)[O-]. The summed E-state index contributed by atoms with van der Waals surface area (Å²) in [4.78, 5) is 36.4. The van der Waals surface area contributed by atoms with Gasteiger partial charge in [-0.1, -0.05) is 24.3 Å². The number of anilines is 1. The van der Waals surface area contributed by atoms with Crippen LogP contribution in [0.25, 0.3) is 11.1 Å². The standard InChI is InChI=1S/C20H18FNO5S/c1-27-20(26)16-15(11-6-8-12(21)9-7-11)10-28-18(16)22-17(23)13-4-2-3-5-14(13)19(24)25/h2-3,6-10,13-14H,4-5H2,1H3,(H,22,23)(H,24,25)/p-1/t13-,14+/m1/s1. The monoisotopic (exact) mass is 402 g/mol. The Morgan fingerprint density at radius 2 is 1.79 bits per heavy atom. The third-order valence-electron chi connectivity index (χ3n) is 4.64. The first kappa shape index (κ1) is 19.8. The highest BCUT2D eigenvalue weighted by atomic mass is 32.1. The number of halogens is 1. The number of methoxy groups -OCH3 is 1. The molecular formula is C20H17FNO5S-. The lowest BCUT2D eigenvalue weighted by Gasteiger charge is -2.28. The lowest BCUT2D eigenvalue weighted by molar-refractivity contribution is -0.313. The molecule has 1 aliphatic rings. The van der Waals surface area contributed by atoms with Gasteiger partial charge in [-0.25, -0.2) is 9.18 Å². The van der Waals surface area contributed by atoms with Crippen LogP contribution < -0.4 is 10.4 Å². The van der Waals surface area contributed by atoms with Gasteiger partial charge in [0.1, 0.15) is 16.4 Å². The summed E-state index contributed by atoms with van der Waals surface area (Å²) in [5, 5.41) is 15.9. The molecule has 6 nitrogen and oxygen atoms in total. The summed E-state index contributed by atoms with van der Waals surface area (Å²) in [6.07, 6.45) is 3.95. The zero-order valence-corrected chi connectivity index (χ0v) is 15.8. The minimum atomic E-state index is -1.28. The molecule has 2 atom stereocenters. The van der Waals surface area contributed by atoms with Gasteiger partial charge in [-0.2, -0.15) is 0 Å². The highest BCUT2D eigenvalue weighted by Crippen LogP contribution is 2.37. The maximum Gasteiger partial charge on any atom is 0.341 e. The van der Waals surface area contributed by atoms with Crippen LogP contribution in [0.1, 0.15) is 23.2 Å². The van der Waals surface area contributed by atoms with Gasteiger partial charge in [0.2, 0.25) is 5.91 Å². The summed E-state index contributed by atoms with van der Waals surface area (Å²) in [5.41, 5.74) is 1.22. The van der Waals surface area contributed by atoms with Crippen molar-refractivity contribution in [2.75, 3.05) is 12.4 Å². The summed E-state index contributed by atoms with van der Waals surface area (Å²) >= 11 is 1.11. The Balaban J connectivity index is 1.92. The smallest absolute Gasteiger partial charge is 0.341 e. The van der Waals surface area contributed by atoms with E-state index < -0.39 is 35.5 Å². The van der Waals surface area contributed by atoms with Gasteiger partial charge in [0.15, 0.2) is 0 Å². The van der Waals surface area contributed by atoms with Crippen LogP contribution >= 0.6 is 11.3 Å². The normalized spacial score (nSPS) is 18.5. The molecule has 146 valence electrons. The Bertz CT molecular complexity index is 935. The zero-order chi connectivity index (χ0) is 20.3. The Labute approximate surface area is 164 Å². The molecule has 8 heteroatoms. The molecule has 1 aromatic carbocycles. The number of thiophene rings is 1. The molecule has 0 spiro atoms. The Morgan fingerprint density at radius 1 is 1.14 bits per heavy atom. The van der Waals surface area contributed by atoms with E-state index in [0.717, 1.165) is 11.3 Å². The summed E-state index contributed by atoms with van der Waals surface area (Å²) < 4.78 is 18.0. The number of hydrogen-bond acceptors (Lipinski definition) is 6. The maximum atomic E-state index is 13.2.